The minimum Gasteiger partial charge on any atom is -0.471 e. The SMILES string of the molecule is COc1[nH+]c(N=C(N)N)nc2ccc(C)cc12. The van der Waals surface area contributed by atoms with E-state index in [0.29, 0.717) is 11.8 Å². The summed E-state index contributed by atoms with van der Waals surface area (Å²) in [5.74, 6) is 0.846. The van der Waals surface area contributed by atoms with E-state index in [1.807, 2.05) is 25.1 Å². The predicted octanol–water partition coefficient (Wildman–Crippen LogP) is 0.271. The minimum atomic E-state index is -0.0535. The Bertz CT molecular complexity index is 590. The van der Waals surface area contributed by atoms with E-state index in [2.05, 4.69) is 15.0 Å². The molecule has 2 rings (SSSR count). The molecule has 88 valence electrons. The number of nitrogens with zero attached hydrogens (tertiary/aromatic N) is 2. The standard InChI is InChI=1S/C11H13N5O/c1-6-3-4-8-7(5-6)9(17-2)15-11(14-8)16-10(12)13/h3-5H,1-2H3,(H4,12,13,14,15,16)/p+1. The molecule has 6 nitrogen and oxygen atoms in total. The molecular weight excluding hydrogens is 218 g/mol. The fraction of sp³-hybridized carbons (Fsp3) is 0.182. The zero-order chi connectivity index (χ0) is 12.4. The molecule has 5 N–H and O–H groups in total. The van der Waals surface area contributed by atoms with Gasteiger partial charge in [-0.3, -0.25) is 0 Å². The number of ether oxygens (including phenoxy) is 1. The van der Waals surface area contributed by atoms with Crippen molar-refractivity contribution in [2.75, 3.05) is 7.11 Å². The topological polar surface area (TPSA) is 101 Å². The van der Waals surface area contributed by atoms with Crippen molar-refractivity contribution in [2.24, 2.45) is 16.5 Å². The number of aromatic nitrogens is 2. The second kappa shape index (κ2) is 4.25. The van der Waals surface area contributed by atoms with Crippen LogP contribution in [0.25, 0.3) is 10.9 Å². The lowest BCUT2D eigenvalue weighted by molar-refractivity contribution is -0.379. The summed E-state index contributed by atoms with van der Waals surface area (Å²) in [6, 6.07) is 5.85. The molecule has 1 aromatic carbocycles. The van der Waals surface area contributed by atoms with Gasteiger partial charge < -0.3 is 16.2 Å². The highest BCUT2D eigenvalue weighted by Crippen LogP contribution is 2.22. The van der Waals surface area contributed by atoms with E-state index in [4.69, 9.17) is 16.2 Å². The van der Waals surface area contributed by atoms with Crippen LogP contribution < -0.4 is 21.2 Å². The summed E-state index contributed by atoms with van der Waals surface area (Å²) in [7, 11) is 1.58. The number of aryl methyl sites for hydroxylation is 1. The largest absolute Gasteiger partial charge is 0.471 e. The van der Waals surface area contributed by atoms with Crippen molar-refractivity contribution >= 4 is 22.8 Å². The van der Waals surface area contributed by atoms with E-state index < -0.39 is 0 Å². The summed E-state index contributed by atoms with van der Waals surface area (Å²) in [5.41, 5.74) is 12.5. The molecule has 6 heteroatoms. The molecule has 1 aromatic heterocycles. The molecule has 0 saturated heterocycles. The van der Waals surface area contributed by atoms with Crippen LogP contribution in [0.3, 0.4) is 0 Å². The first-order chi connectivity index (χ1) is 8.10. The van der Waals surface area contributed by atoms with Crippen molar-refractivity contribution in [3.8, 4) is 5.88 Å². The smallest absolute Gasteiger partial charge is 0.437 e. The van der Waals surface area contributed by atoms with Crippen molar-refractivity contribution in [1.82, 2.24) is 4.98 Å². The van der Waals surface area contributed by atoms with Crippen molar-refractivity contribution in [3.63, 3.8) is 0 Å². The second-order valence-electron chi connectivity index (χ2n) is 3.65. The Morgan fingerprint density at radius 3 is 2.82 bits per heavy atom. The first-order valence-corrected chi connectivity index (χ1v) is 5.07. The Hall–Kier alpha value is -2.37. The molecular formula is C11H14N5O+. The average Bonchev–Trinajstić information content (AvgIpc) is 2.27. The number of nitrogens with one attached hydrogen (secondary N) is 1. The van der Waals surface area contributed by atoms with Crippen LogP contribution >= 0.6 is 0 Å². The third-order valence-electron chi connectivity index (χ3n) is 2.29. The van der Waals surface area contributed by atoms with E-state index >= 15 is 0 Å². The lowest BCUT2D eigenvalue weighted by atomic mass is 10.2. The lowest BCUT2D eigenvalue weighted by Crippen LogP contribution is -2.23. The van der Waals surface area contributed by atoms with Crippen molar-refractivity contribution < 1.29 is 9.72 Å². The molecule has 0 radical (unpaired) electrons. The molecule has 0 amide bonds. The molecule has 0 aliphatic rings. The predicted molar refractivity (Wildman–Crippen MR) is 65.1 cm³/mol. The van der Waals surface area contributed by atoms with Crippen LogP contribution in [0.1, 0.15) is 5.56 Å². The van der Waals surface area contributed by atoms with Crippen LogP contribution in [0, 0.1) is 6.92 Å². The Morgan fingerprint density at radius 2 is 2.18 bits per heavy atom. The number of fused-ring (bicyclic) bond motifs is 1. The van der Waals surface area contributed by atoms with E-state index in [1.54, 1.807) is 7.11 Å². The summed E-state index contributed by atoms with van der Waals surface area (Å²) in [6.07, 6.45) is 0. The van der Waals surface area contributed by atoms with Crippen LogP contribution in [0.5, 0.6) is 5.88 Å². The molecule has 0 aliphatic carbocycles. The number of nitrogens with two attached hydrogens (primary N) is 2. The monoisotopic (exact) mass is 232 g/mol. The van der Waals surface area contributed by atoms with Crippen molar-refractivity contribution in [1.29, 1.82) is 0 Å². The van der Waals surface area contributed by atoms with E-state index in [-0.39, 0.29) is 5.96 Å². The van der Waals surface area contributed by atoms with Gasteiger partial charge in [-0.25, -0.2) is 4.98 Å². The summed E-state index contributed by atoms with van der Waals surface area (Å²) < 4.78 is 5.26. The van der Waals surface area contributed by atoms with Gasteiger partial charge in [-0.2, -0.15) is 0 Å². The molecule has 17 heavy (non-hydrogen) atoms. The summed E-state index contributed by atoms with van der Waals surface area (Å²) >= 11 is 0. The lowest BCUT2D eigenvalue weighted by Gasteiger charge is -2.01. The molecule has 0 atom stereocenters. The van der Waals surface area contributed by atoms with E-state index in [9.17, 15) is 0 Å². The van der Waals surface area contributed by atoms with Crippen LogP contribution in [-0.2, 0) is 0 Å². The maximum atomic E-state index is 5.31. The molecule has 0 fully saturated rings. The number of aromatic amines is 1. The van der Waals surface area contributed by atoms with E-state index in [0.717, 1.165) is 16.5 Å². The number of methoxy groups -OCH3 is 1. The maximum Gasteiger partial charge on any atom is 0.437 e. The summed E-state index contributed by atoms with van der Waals surface area (Å²) in [6.45, 7) is 2.00. The summed E-state index contributed by atoms with van der Waals surface area (Å²) in [5, 5.41) is 0.891. The maximum absolute atomic E-state index is 5.31. The first-order valence-electron chi connectivity index (χ1n) is 5.07. The average molecular weight is 232 g/mol. The van der Waals surface area contributed by atoms with Crippen molar-refractivity contribution in [2.45, 2.75) is 6.92 Å². The number of guanidine groups is 1. The second-order valence-corrected chi connectivity index (χ2v) is 3.65. The quantitative estimate of drug-likeness (QED) is 0.573. The Balaban J connectivity index is 2.70. The number of hydrogen-bond acceptors (Lipinski definition) is 3. The van der Waals surface area contributed by atoms with Gasteiger partial charge in [0, 0.05) is 0 Å². The normalized spacial score (nSPS) is 10.2. The Kier molecular flexibility index (Phi) is 2.78. The van der Waals surface area contributed by atoms with Gasteiger partial charge in [0.05, 0.1) is 12.5 Å². The number of H-pyrrole nitrogens is 1. The van der Waals surface area contributed by atoms with Gasteiger partial charge in [-0.05, 0) is 24.0 Å². The van der Waals surface area contributed by atoms with Crippen LogP contribution in [-0.4, -0.2) is 18.1 Å². The number of hydrogen-bond donors (Lipinski definition) is 2. The van der Waals surface area contributed by atoms with Crippen LogP contribution in [0.4, 0.5) is 5.95 Å². The molecule has 1 heterocycles. The molecule has 0 unspecified atom stereocenters. The third kappa shape index (κ3) is 2.25. The molecule has 0 spiro atoms. The van der Waals surface area contributed by atoms with Crippen LogP contribution in [0.2, 0.25) is 0 Å². The zero-order valence-corrected chi connectivity index (χ0v) is 9.69. The number of benzene rings is 1. The van der Waals surface area contributed by atoms with Gasteiger partial charge in [0.2, 0.25) is 0 Å². The first kappa shape index (κ1) is 11.1. The molecule has 0 bridgehead atoms. The van der Waals surface area contributed by atoms with Gasteiger partial charge >= 0.3 is 5.95 Å². The Labute approximate surface area is 98.3 Å². The minimum absolute atomic E-state index is 0.0535. The highest BCUT2D eigenvalue weighted by molar-refractivity contribution is 5.84. The van der Waals surface area contributed by atoms with Crippen LogP contribution in [0.15, 0.2) is 23.2 Å². The fourth-order valence-electron chi connectivity index (χ4n) is 1.58. The fourth-order valence-corrected chi connectivity index (χ4v) is 1.58. The van der Waals surface area contributed by atoms with E-state index in [1.165, 1.54) is 0 Å². The molecule has 0 saturated carbocycles. The molecule has 2 aromatic rings. The highest BCUT2D eigenvalue weighted by Gasteiger charge is 2.14. The van der Waals surface area contributed by atoms with Crippen molar-refractivity contribution in [3.05, 3.63) is 23.8 Å². The zero-order valence-electron chi connectivity index (χ0n) is 9.69. The third-order valence-corrected chi connectivity index (χ3v) is 2.29. The summed E-state index contributed by atoms with van der Waals surface area (Å²) in [4.78, 5) is 11.1. The highest BCUT2D eigenvalue weighted by atomic mass is 16.5. The van der Waals surface area contributed by atoms with Gasteiger partial charge in [0.1, 0.15) is 0 Å². The van der Waals surface area contributed by atoms with Gasteiger partial charge in [0.15, 0.2) is 5.52 Å². The Morgan fingerprint density at radius 1 is 1.41 bits per heavy atom. The van der Waals surface area contributed by atoms with Gasteiger partial charge in [-0.15, -0.1) is 0 Å². The number of rotatable bonds is 2. The van der Waals surface area contributed by atoms with Gasteiger partial charge in [0.25, 0.3) is 11.8 Å². The number of aliphatic imine (C=N–C) groups is 1. The molecule has 0 aliphatic heterocycles. The van der Waals surface area contributed by atoms with Gasteiger partial charge in [-0.1, -0.05) is 16.6 Å².